The van der Waals surface area contributed by atoms with Gasteiger partial charge in [0.2, 0.25) is 0 Å². The van der Waals surface area contributed by atoms with Crippen LogP contribution in [0, 0.1) is 0 Å². The van der Waals surface area contributed by atoms with Crippen molar-refractivity contribution in [2.75, 3.05) is 0 Å². The predicted molar refractivity (Wildman–Crippen MR) is 55.7 cm³/mol. The Hall–Kier alpha value is -0.740. The first-order valence-electron chi connectivity index (χ1n) is 4.46. The van der Waals surface area contributed by atoms with Gasteiger partial charge in [-0.15, -0.1) is 0 Å². The molecule has 2 atom stereocenters. The zero-order valence-corrected chi connectivity index (χ0v) is 9.30. The van der Waals surface area contributed by atoms with Gasteiger partial charge in [0, 0.05) is 12.2 Å². The standard InChI is InChI=1S/C10H14O3S/c1-6(11)8(3)14-10-5-4-9(13-10)7(2)12/h4-6,8,11H,1-3H3. The Morgan fingerprint density at radius 1 is 1.50 bits per heavy atom. The molecule has 0 aliphatic rings. The molecule has 1 N–H and O–H groups in total. The van der Waals surface area contributed by atoms with E-state index < -0.39 is 6.10 Å². The number of ketones is 1. The number of aliphatic hydroxyl groups is 1. The maximum atomic E-state index is 10.9. The molecule has 14 heavy (non-hydrogen) atoms. The molecule has 0 radical (unpaired) electrons. The lowest BCUT2D eigenvalue weighted by Gasteiger charge is -2.11. The van der Waals surface area contributed by atoms with Crippen LogP contribution in [0.5, 0.6) is 0 Å². The highest BCUT2D eigenvalue weighted by molar-refractivity contribution is 7.99. The van der Waals surface area contributed by atoms with E-state index in [2.05, 4.69) is 0 Å². The van der Waals surface area contributed by atoms with E-state index in [0.717, 1.165) is 0 Å². The van der Waals surface area contributed by atoms with E-state index in [1.165, 1.54) is 18.7 Å². The van der Waals surface area contributed by atoms with Gasteiger partial charge >= 0.3 is 0 Å². The summed E-state index contributed by atoms with van der Waals surface area (Å²) >= 11 is 1.42. The second-order valence-corrected chi connectivity index (χ2v) is 4.62. The van der Waals surface area contributed by atoms with E-state index in [1.807, 2.05) is 6.92 Å². The summed E-state index contributed by atoms with van der Waals surface area (Å²) in [5.74, 6) is 0.284. The van der Waals surface area contributed by atoms with Crippen LogP contribution in [-0.4, -0.2) is 22.2 Å². The van der Waals surface area contributed by atoms with E-state index in [0.29, 0.717) is 10.9 Å². The van der Waals surface area contributed by atoms with E-state index in [1.54, 1.807) is 19.1 Å². The topological polar surface area (TPSA) is 50.4 Å². The van der Waals surface area contributed by atoms with Crippen LogP contribution < -0.4 is 0 Å². The highest BCUT2D eigenvalue weighted by atomic mass is 32.2. The van der Waals surface area contributed by atoms with Crippen LogP contribution in [-0.2, 0) is 0 Å². The van der Waals surface area contributed by atoms with Gasteiger partial charge in [0.1, 0.15) is 0 Å². The van der Waals surface area contributed by atoms with Gasteiger partial charge in [0.15, 0.2) is 16.6 Å². The van der Waals surface area contributed by atoms with Crippen LogP contribution >= 0.6 is 11.8 Å². The molecular weight excluding hydrogens is 200 g/mol. The Morgan fingerprint density at radius 3 is 2.57 bits per heavy atom. The van der Waals surface area contributed by atoms with Gasteiger partial charge in [-0.2, -0.15) is 0 Å². The molecule has 1 aromatic rings. The maximum absolute atomic E-state index is 10.9. The minimum atomic E-state index is -0.397. The molecule has 0 amide bonds. The Bertz CT molecular complexity index is 317. The number of aliphatic hydroxyl groups excluding tert-OH is 1. The largest absolute Gasteiger partial charge is 0.447 e. The van der Waals surface area contributed by atoms with Gasteiger partial charge in [0.25, 0.3) is 0 Å². The fourth-order valence-corrected chi connectivity index (χ4v) is 1.70. The molecule has 4 heteroatoms. The lowest BCUT2D eigenvalue weighted by atomic mass is 10.3. The third kappa shape index (κ3) is 2.89. The minimum Gasteiger partial charge on any atom is -0.447 e. The summed E-state index contributed by atoms with van der Waals surface area (Å²) in [5.41, 5.74) is 0. The summed E-state index contributed by atoms with van der Waals surface area (Å²) < 4.78 is 5.27. The molecule has 78 valence electrons. The summed E-state index contributed by atoms with van der Waals surface area (Å²) in [7, 11) is 0. The average Bonchev–Trinajstić information content (AvgIpc) is 2.52. The number of carbonyl (C=O) groups excluding carboxylic acids is 1. The number of furan rings is 1. The molecule has 0 aliphatic heterocycles. The Balaban J connectivity index is 2.64. The number of hydrogen-bond donors (Lipinski definition) is 1. The van der Waals surface area contributed by atoms with E-state index in [9.17, 15) is 9.90 Å². The summed E-state index contributed by atoms with van der Waals surface area (Å²) in [5, 5.41) is 10.00. The summed E-state index contributed by atoms with van der Waals surface area (Å²) in [6.07, 6.45) is -0.397. The Kier molecular flexibility index (Phi) is 3.77. The van der Waals surface area contributed by atoms with Crippen LogP contribution in [0.4, 0.5) is 0 Å². The highest BCUT2D eigenvalue weighted by Gasteiger charge is 2.13. The SMILES string of the molecule is CC(=O)c1ccc(SC(C)C(C)O)o1. The molecule has 0 aromatic carbocycles. The van der Waals surface area contributed by atoms with Crippen LogP contribution in [0.15, 0.2) is 21.6 Å². The first-order chi connectivity index (χ1) is 6.50. The lowest BCUT2D eigenvalue weighted by molar-refractivity contribution is 0.0982. The molecule has 3 nitrogen and oxygen atoms in total. The van der Waals surface area contributed by atoms with Crippen LogP contribution in [0.2, 0.25) is 0 Å². The van der Waals surface area contributed by atoms with Crippen molar-refractivity contribution in [2.45, 2.75) is 37.2 Å². The molecule has 0 saturated heterocycles. The van der Waals surface area contributed by atoms with Crippen molar-refractivity contribution in [3.05, 3.63) is 17.9 Å². The number of hydrogen-bond acceptors (Lipinski definition) is 4. The Morgan fingerprint density at radius 2 is 2.14 bits per heavy atom. The molecule has 1 aromatic heterocycles. The van der Waals surface area contributed by atoms with Gasteiger partial charge in [-0.3, -0.25) is 4.79 Å². The third-order valence-electron chi connectivity index (χ3n) is 1.91. The average molecular weight is 214 g/mol. The van der Waals surface area contributed by atoms with Gasteiger partial charge < -0.3 is 9.52 Å². The second kappa shape index (κ2) is 4.66. The molecule has 0 saturated carbocycles. The Labute approximate surface area is 87.5 Å². The molecule has 2 unspecified atom stereocenters. The normalized spacial score (nSPS) is 15.1. The molecule has 1 rings (SSSR count). The fourth-order valence-electron chi connectivity index (χ4n) is 0.854. The first-order valence-corrected chi connectivity index (χ1v) is 5.34. The van der Waals surface area contributed by atoms with Gasteiger partial charge in [-0.1, -0.05) is 18.7 Å². The molecule has 0 spiro atoms. The minimum absolute atomic E-state index is 0.0564. The van der Waals surface area contributed by atoms with Crippen molar-refractivity contribution in [1.82, 2.24) is 0 Å². The van der Waals surface area contributed by atoms with Crippen LogP contribution in [0.3, 0.4) is 0 Å². The molecule has 0 aliphatic carbocycles. The summed E-state index contributed by atoms with van der Waals surface area (Å²) in [6, 6.07) is 3.40. The number of thioether (sulfide) groups is 1. The van der Waals surface area contributed by atoms with Crippen LogP contribution in [0.25, 0.3) is 0 Å². The highest BCUT2D eigenvalue weighted by Crippen LogP contribution is 2.27. The monoisotopic (exact) mass is 214 g/mol. The first kappa shape index (κ1) is 11.3. The van der Waals surface area contributed by atoms with Crippen molar-refractivity contribution in [1.29, 1.82) is 0 Å². The quantitative estimate of drug-likeness (QED) is 0.617. The molecule has 1 heterocycles. The molecular formula is C10H14O3S. The second-order valence-electron chi connectivity index (χ2n) is 3.24. The summed E-state index contributed by atoms with van der Waals surface area (Å²) in [4.78, 5) is 10.9. The zero-order chi connectivity index (χ0) is 10.7. The predicted octanol–water partition coefficient (Wildman–Crippen LogP) is 2.34. The number of rotatable bonds is 4. The van der Waals surface area contributed by atoms with Crippen molar-refractivity contribution < 1.29 is 14.3 Å². The number of Topliss-reactive ketones (excluding diaryl/α,β-unsaturated/α-hetero) is 1. The number of carbonyl (C=O) groups is 1. The van der Waals surface area contributed by atoms with E-state index >= 15 is 0 Å². The van der Waals surface area contributed by atoms with Gasteiger partial charge in [-0.05, 0) is 19.1 Å². The molecule has 0 fully saturated rings. The van der Waals surface area contributed by atoms with E-state index in [4.69, 9.17) is 4.42 Å². The molecule has 0 bridgehead atoms. The zero-order valence-electron chi connectivity index (χ0n) is 8.48. The van der Waals surface area contributed by atoms with E-state index in [-0.39, 0.29) is 11.0 Å². The lowest BCUT2D eigenvalue weighted by Crippen LogP contribution is -2.14. The van der Waals surface area contributed by atoms with Gasteiger partial charge in [0.05, 0.1) is 6.10 Å². The maximum Gasteiger partial charge on any atom is 0.194 e. The van der Waals surface area contributed by atoms with Crippen molar-refractivity contribution in [3.8, 4) is 0 Å². The summed E-state index contributed by atoms with van der Waals surface area (Å²) in [6.45, 7) is 5.10. The van der Waals surface area contributed by atoms with Gasteiger partial charge in [-0.25, -0.2) is 0 Å². The van der Waals surface area contributed by atoms with Crippen molar-refractivity contribution in [3.63, 3.8) is 0 Å². The third-order valence-corrected chi connectivity index (χ3v) is 3.13. The van der Waals surface area contributed by atoms with Crippen LogP contribution in [0.1, 0.15) is 31.3 Å². The smallest absolute Gasteiger partial charge is 0.194 e. The fraction of sp³-hybridized carbons (Fsp3) is 0.500. The van der Waals surface area contributed by atoms with Crippen molar-refractivity contribution >= 4 is 17.5 Å². The van der Waals surface area contributed by atoms with Crippen molar-refractivity contribution in [2.24, 2.45) is 0 Å².